The molecule has 2 nitrogen and oxygen atoms in total. The molecule has 0 fully saturated rings. The highest BCUT2D eigenvalue weighted by atomic mass is 35.5. The van der Waals surface area contributed by atoms with E-state index in [0.29, 0.717) is 5.92 Å². The number of hydrazine groups is 1. The molecule has 1 unspecified atom stereocenters. The van der Waals surface area contributed by atoms with E-state index in [1.807, 2.05) is 18.2 Å². The fourth-order valence-corrected chi connectivity index (χ4v) is 2.79. The van der Waals surface area contributed by atoms with Gasteiger partial charge in [-0.15, -0.1) is 0 Å². The Morgan fingerprint density at radius 1 is 1.10 bits per heavy atom. The number of hydrogen-bond acceptors (Lipinski definition) is 2. The van der Waals surface area contributed by atoms with E-state index in [-0.39, 0.29) is 6.04 Å². The molecule has 112 valence electrons. The van der Waals surface area contributed by atoms with Crippen LogP contribution < -0.4 is 11.3 Å². The Morgan fingerprint density at radius 3 is 2.29 bits per heavy atom. The van der Waals surface area contributed by atoms with Gasteiger partial charge >= 0.3 is 0 Å². The van der Waals surface area contributed by atoms with Crippen LogP contribution in [0.15, 0.2) is 42.5 Å². The zero-order valence-corrected chi connectivity index (χ0v) is 13.6. The highest BCUT2D eigenvalue weighted by Crippen LogP contribution is 2.24. The van der Waals surface area contributed by atoms with Gasteiger partial charge in [0.1, 0.15) is 0 Å². The van der Waals surface area contributed by atoms with E-state index in [1.165, 1.54) is 16.7 Å². The summed E-state index contributed by atoms with van der Waals surface area (Å²) in [5.74, 6) is 6.31. The number of nitrogens with two attached hydrogens (primary N) is 1. The van der Waals surface area contributed by atoms with Crippen LogP contribution in [0.3, 0.4) is 0 Å². The molecule has 3 heteroatoms. The molecule has 0 bridgehead atoms. The van der Waals surface area contributed by atoms with Gasteiger partial charge < -0.3 is 0 Å². The van der Waals surface area contributed by atoms with Crippen LogP contribution in [0.25, 0.3) is 0 Å². The summed E-state index contributed by atoms with van der Waals surface area (Å²) in [6, 6.07) is 14.8. The molecule has 0 spiro atoms. The van der Waals surface area contributed by atoms with Crippen molar-refractivity contribution in [1.82, 2.24) is 5.43 Å². The van der Waals surface area contributed by atoms with Gasteiger partial charge in [0.2, 0.25) is 0 Å². The number of hydrogen-bond donors (Lipinski definition) is 2. The van der Waals surface area contributed by atoms with Gasteiger partial charge in [0.05, 0.1) is 6.04 Å². The first kappa shape index (κ1) is 16.0. The minimum Gasteiger partial charge on any atom is -0.271 e. The van der Waals surface area contributed by atoms with Gasteiger partial charge in [0.15, 0.2) is 0 Å². The van der Waals surface area contributed by atoms with Crippen molar-refractivity contribution in [2.45, 2.75) is 39.2 Å². The van der Waals surface area contributed by atoms with Crippen LogP contribution >= 0.6 is 11.6 Å². The van der Waals surface area contributed by atoms with Gasteiger partial charge in [0.25, 0.3) is 0 Å². The first-order valence-corrected chi connectivity index (χ1v) is 7.70. The fourth-order valence-electron chi connectivity index (χ4n) is 2.56. The molecule has 0 radical (unpaired) electrons. The Labute approximate surface area is 132 Å². The average molecular weight is 303 g/mol. The third-order valence-electron chi connectivity index (χ3n) is 3.89. The second-order valence-corrected chi connectivity index (χ2v) is 6.26. The lowest BCUT2D eigenvalue weighted by Crippen LogP contribution is -2.30. The number of aryl methyl sites for hydroxylation is 1. The Balaban J connectivity index is 2.18. The molecule has 1 atom stereocenters. The molecule has 0 aliphatic carbocycles. The van der Waals surface area contributed by atoms with Crippen molar-refractivity contribution in [2.75, 3.05) is 0 Å². The molecule has 0 aromatic heterocycles. The maximum Gasteiger partial charge on any atom is 0.0502 e. The summed E-state index contributed by atoms with van der Waals surface area (Å²) in [7, 11) is 0. The molecule has 0 saturated heterocycles. The lowest BCUT2D eigenvalue weighted by Gasteiger charge is -2.19. The van der Waals surface area contributed by atoms with E-state index in [9.17, 15) is 0 Å². The van der Waals surface area contributed by atoms with Crippen LogP contribution in [0.2, 0.25) is 5.02 Å². The van der Waals surface area contributed by atoms with E-state index in [2.05, 4.69) is 50.5 Å². The van der Waals surface area contributed by atoms with Gasteiger partial charge in [0, 0.05) is 5.02 Å². The van der Waals surface area contributed by atoms with Crippen LogP contribution in [0.1, 0.15) is 48.1 Å². The second-order valence-electron chi connectivity index (χ2n) is 5.82. The summed E-state index contributed by atoms with van der Waals surface area (Å²) in [5.41, 5.74) is 7.90. The molecule has 2 aromatic rings. The molecule has 0 aliphatic heterocycles. The molecule has 0 saturated carbocycles. The number of halogens is 1. The third-order valence-corrected chi connectivity index (χ3v) is 4.13. The van der Waals surface area contributed by atoms with Crippen molar-refractivity contribution in [3.63, 3.8) is 0 Å². The maximum atomic E-state index is 6.02. The van der Waals surface area contributed by atoms with Crippen LogP contribution in [0.5, 0.6) is 0 Å². The van der Waals surface area contributed by atoms with Crippen LogP contribution in [-0.4, -0.2) is 0 Å². The summed E-state index contributed by atoms with van der Waals surface area (Å²) in [6.45, 7) is 6.47. The van der Waals surface area contributed by atoms with Crippen molar-refractivity contribution < 1.29 is 0 Å². The summed E-state index contributed by atoms with van der Waals surface area (Å²) < 4.78 is 0. The average Bonchev–Trinajstić information content (AvgIpc) is 2.46. The lowest BCUT2D eigenvalue weighted by atomic mass is 9.94. The van der Waals surface area contributed by atoms with Crippen LogP contribution in [-0.2, 0) is 6.42 Å². The molecule has 0 heterocycles. The SMILES string of the molecule is Cc1cc(Cl)ccc1C(Cc1ccc(C(C)C)cc1)NN. The van der Waals surface area contributed by atoms with Gasteiger partial charge in [-0.25, -0.2) is 0 Å². The molecule has 2 rings (SSSR count). The lowest BCUT2D eigenvalue weighted by molar-refractivity contribution is 0.549. The second kappa shape index (κ2) is 7.08. The zero-order chi connectivity index (χ0) is 15.4. The quantitative estimate of drug-likeness (QED) is 0.629. The Morgan fingerprint density at radius 2 is 1.76 bits per heavy atom. The molecule has 0 amide bonds. The summed E-state index contributed by atoms with van der Waals surface area (Å²) in [5, 5.41) is 0.758. The first-order valence-electron chi connectivity index (χ1n) is 7.32. The summed E-state index contributed by atoms with van der Waals surface area (Å²) in [4.78, 5) is 0. The predicted molar refractivity (Wildman–Crippen MR) is 90.5 cm³/mol. The highest BCUT2D eigenvalue weighted by Gasteiger charge is 2.13. The molecule has 3 N–H and O–H groups in total. The smallest absolute Gasteiger partial charge is 0.0502 e. The fraction of sp³-hybridized carbons (Fsp3) is 0.333. The number of benzene rings is 2. The standard InChI is InChI=1S/C18H23ClN2/c1-12(2)15-6-4-14(5-7-15)11-18(21-20)17-9-8-16(19)10-13(17)3/h4-10,12,18,21H,11,20H2,1-3H3. The van der Waals surface area contributed by atoms with E-state index < -0.39 is 0 Å². The molecule has 21 heavy (non-hydrogen) atoms. The molecule has 0 aliphatic rings. The van der Waals surface area contributed by atoms with Crippen LogP contribution in [0, 0.1) is 6.92 Å². The van der Waals surface area contributed by atoms with E-state index >= 15 is 0 Å². The largest absolute Gasteiger partial charge is 0.271 e. The number of rotatable bonds is 5. The Bertz CT molecular complexity index is 591. The highest BCUT2D eigenvalue weighted by molar-refractivity contribution is 6.30. The summed E-state index contributed by atoms with van der Waals surface area (Å²) >= 11 is 6.02. The topological polar surface area (TPSA) is 38.0 Å². The van der Waals surface area contributed by atoms with Gasteiger partial charge in [-0.05, 0) is 53.6 Å². The van der Waals surface area contributed by atoms with Crippen molar-refractivity contribution in [3.8, 4) is 0 Å². The third kappa shape index (κ3) is 4.07. The number of nitrogens with one attached hydrogen (secondary N) is 1. The monoisotopic (exact) mass is 302 g/mol. The van der Waals surface area contributed by atoms with Gasteiger partial charge in [-0.2, -0.15) is 0 Å². The van der Waals surface area contributed by atoms with Crippen molar-refractivity contribution in [1.29, 1.82) is 0 Å². The Hall–Kier alpha value is -1.35. The van der Waals surface area contributed by atoms with Crippen molar-refractivity contribution in [2.24, 2.45) is 5.84 Å². The Kier molecular flexibility index (Phi) is 5.40. The van der Waals surface area contributed by atoms with Crippen molar-refractivity contribution in [3.05, 3.63) is 69.7 Å². The van der Waals surface area contributed by atoms with E-state index in [4.69, 9.17) is 17.4 Å². The minimum atomic E-state index is 0.0900. The summed E-state index contributed by atoms with van der Waals surface area (Å²) in [6.07, 6.45) is 0.858. The zero-order valence-electron chi connectivity index (χ0n) is 12.9. The van der Waals surface area contributed by atoms with E-state index in [0.717, 1.165) is 17.0 Å². The van der Waals surface area contributed by atoms with Crippen molar-refractivity contribution >= 4 is 11.6 Å². The van der Waals surface area contributed by atoms with Gasteiger partial charge in [-0.1, -0.05) is 55.8 Å². The molecular formula is C18H23ClN2. The predicted octanol–water partition coefficient (Wildman–Crippen LogP) is 4.52. The maximum absolute atomic E-state index is 6.02. The van der Waals surface area contributed by atoms with Crippen LogP contribution in [0.4, 0.5) is 0 Å². The van der Waals surface area contributed by atoms with E-state index in [1.54, 1.807) is 0 Å². The minimum absolute atomic E-state index is 0.0900. The molecular weight excluding hydrogens is 280 g/mol. The normalized spacial score (nSPS) is 12.7. The van der Waals surface area contributed by atoms with Gasteiger partial charge in [-0.3, -0.25) is 11.3 Å². The molecule has 2 aromatic carbocycles. The first-order chi connectivity index (χ1) is 10.0.